The Hall–Kier alpha value is -0.786. The number of aryl methyl sites for hydroxylation is 1. The van der Waals surface area contributed by atoms with Crippen molar-refractivity contribution >= 4 is 22.8 Å². The van der Waals surface area contributed by atoms with Crippen molar-refractivity contribution in [2.75, 3.05) is 46.8 Å². The first-order valence-corrected chi connectivity index (χ1v) is 14.7. The molecule has 0 aromatic heterocycles. The van der Waals surface area contributed by atoms with E-state index in [9.17, 15) is 0 Å². The minimum Gasteiger partial charge on any atom is -0.496 e. The Bertz CT molecular complexity index is 567. The summed E-state index contributed by atoms with van der Waals surface area (Å²) in [6.07, 6.45) is 0.724. The Labute approximate surface area is 184 Å². The van der Waals surface area contributed by atoms with Crippen LogP contribution in [-0.2, 0) is 33.0 Å². The van der Waals surface area contributed by atoms with Gasteiger partial charge in [0, 0.05) is 50.9 Å². The quantitative estimate of drug-likeness (QED) is 0.329. The fraction of sp³-hybridized carbons (Fsp3) is 0.714. The second-order valence-electron chi connectivity index (χ2n) is 6.36. The molecular weight excluding hydrogens is 420 g/mol. The van der Waals surface area contributed by atoms with Crippen LogP contribution in [0.3, 0.4) is 0 Å². The van der Waals surface area contributed by atoms with E-state index in [1.54, 1.807) is 7.11 Å². The Kier molecular flexibility index (Phi) is 13.0. The standard InChI is InChI=1S/C21H40O7Si2/c1-8-23-29(24-9-2,25-10-3)17-16-19-14-15-20(18-21(19)22-7)30(26-11-4,27-12-5)28-13-6/h14-15,18H,8-13,16-17H2,1-7H3. The molecule has 9 heteroatoms. The lowest BCUT2D eigenvalue weighted by Crippen LogP contribution is -2.56. The summed E-state index contributed by atoms with van der Waals surface area (Å²) in [5, 5.41) is 0.900. The van der Waals surface area contributed by atoms with Crippen LogP contribution in [0.4, 0.5) is 0 Å². The molecule has 30 heavy (non-hydrogen) atoms. The molecule has 0 aliphatic heterocycles. The summed E-state index contributed by atoms with van der Waals surface area (Å²) in [4.78, 5) is 0. The van der Waals surface area contributed by atoms with Crippen molar-refractivity contribution in [3.63, 3.8) is 0 Å². The molecule has 0 unspecified atom stereocenters. The molecule has 0 amide bonds. The smallest absolute Gasteiger partial charge is 0.496 e. The number of hydrogen-bond acceptors (Lipinski definition) is 7. The van der Waals surface area contributed by atoms with Gasteiger partial charge in [0.1, 0.15) is 5.75 Å². The van der Waals surface area contributed by atoms with Crippen molar-refractivity contribution in [2.24, 2.45) is 0 Å². The average Bonchev–Trinajstić information content (AvgIpc) is 2.73. The molecule has 0 aliphatic carbocycles. The Balaban J connectivity index is 3.18. The van der Waals surface area contributed by atoms with E-state index >= 15 is 0 Å². The third-order valence-electron chi connectivity index (χ3n) is 4.44. The van der Waals surface area contributed by atoms with Crippen LogP contribution in [0.2, 0.25) is 6.04 Å². The zero-order chi connectivity index (χ0) is 22.5. The predicted molar refractivity (Wildman–Crippen MR) is 122 cm³/mol. The molecule has 0 saturated heterocycles. The molecule has 7 nitrogen and oxygen atoms in total. The predicted octanol–water partition coefficient (Wildman–Crippen LogP) is 3.54. The van der Waals surface area contributed by atoms with Gasteiger partial charge in [-0.25, -0.2) is 0 Å². The third kappa shape index (κ3) is 7.42. The van der Waals surface area contributed by atoms with Crippen LogP contribution in [0.1, 0.15) is 47.1 Å². The van der Waals surface area contributed by atoms with Gasteiger partial charge in [-0.15, -0.1) is 0 Å². The van der Waals surface area contributed by atoms with E-state index in [1.165, 1.54) is 0 Å². The van der Waals surface area contributed by atoms with Gasteiger partial charge in [0.05, 0.1) is 7.11 Å². The van der Waals surface area contributed by atoms with Crippen molar-refractivity contribution in [1.82, 2.24) is 0 Å². The molecule has 174 valence electrons. The summed E-state index contributed by atoms with van der Waals surface area (Å²) in [6, 6.07) is 6.74. The van der Waals surface area contributed by atoms with E-state index in [-0.39, 0.29) is 0 Å². The first kappa shape index (κ1) is 27.2. The van der Waals surface area contributed by atoms with E-state index in [4.69, 9.17) is 31.3 Å². The lowest BCUT2D eigenvalue weighted by Gasteiger charge is -2.30. The second-order valence-corrected chi connectivity index (χ2v) is 11.7. The number of benzene rings is 1. The summed E-state index contributed by atoms with van der Waals surface area (Å²) in [5.41, 5.74) is 1.06. The SMILES string of the molecule is CCO[Si](CCc1ccc([Si](OCC)(OCC)OCC)cc1OC)(OCC)OCC. The van der Waals surface area contributed by atoms with Crippen molar-refractivity contribution in [3.8, 4) is 5.75 Å². The van der Waals surface area contributed by atoms with Gasteiger partial charge >= 0.3 is 17.6 Å². The lowest BCUT2D eigenvalue weighted by molar-refractivity contribution is 0.0713. The number of hydrogen-bond donors (Lipinski definition) is 0. The molecule has 0 atom stereocenters. The van der Waals surface area contributed by atoms with Crippen LogP contribution in [0.5, 0.6) is 5.75 Å². The highest BCUT2D eigenvalue weighted by Crippen LogP contribution is 2.25. The summed E-state index contributed by atoms with van der Waals surface area (Å²) in [7, 11) is -4.04. The lowest BCUT2D eigenvalue weighted by atomic mass is 10.1. The molecule has 0 bridgehead atoms. The van der Waals surface area contributed by atoms with E-state index in [0.29, 0.717) is 45.7 Å². The van der Waals surface area contributed by atoms with Crippen molar-refractivity contribution in [2.45, 2.75) is 54.0 Å². The molecule has 0 radical (unpaired) electrons. The van der Waals surface area contributed by atoms with Gasteiger partial charge in [-0.2, -0.15) is 0 Å². The first-order valence-electron chi connectivity index (χ1n) is 11.0. The number of ether oxygens (including phenoxy) is 1. The topological polar surface area (TPSA) is 64.6 Å². The molecular formula is C21H40O7Si2. The van der Waals surface area contributed by atoms with Crippen LogP contribution in [-0.4, -0.2) is 64.4 Å². The normalized spacial score (nSPS) is 12.4. The first-order chi connectivity index (χ1) is 14.5. The summed E-state index contributed by atoms with van der Waals surface area (Å²) in [6.45, 7) is 15.0. The zero-order valence-electron chi connectivity index (χ0n) is 19.7. The van der Waals surface area contributed by atoms with Gasteiger partial charge in [-0.05, 0) is 59.6 Å². The molecule has 0 N–H and O–H groups in total. The van der Waals surface area contributed by atoms with Crippen LogP contribution in [0.25, 0.3) is 0 Å². The van der Waals surface area contributed by atoms with Crippen molar-refractivity contribution < 1.29 is 31.3 Å². The highest BCUT2D eigenvalue weighted by atomic mass is 28.4. The van der Waals surface area contributed by atoms with Gasteiger partial charge in [0.2, 0.25) is 0 Å². The number of methoxy groups -OCH3 is 1. The van der Waals surface area contributed by atoms with Gasteiger partial charge in [-0.3, -0.25) is 0 Å². The van der Waals surface area contributed by atoms with E-state index in [2.05, 4.69) is 6.07 Å². The average molecular weight is 461 g/mol. The Morgan fingerprint density at radius 2 is 1.13 bits per heavy atom. The molecule has 1 rings (SSSR count). The monoisotopic (exact) mass is 460 g/mol. The molecule has 0 heterocycles. The highest BCUT2D eigenvalue weighted by Gasteiger charge is 2.44. The van der Waals surface area contributed by atoms with Crippen molar-refractivity contribution in [1.29, 1.82) is 0 Å². The summed E-state index contributed by atoms with van der Waals surface area (Å²) < 4.78 is 41.7. The van der Waals surface area contributed by atoms with Crippen LogP contribution in [0.15, 0.2) is 18.2 Å². The fourth-order valence-electron chi connectivity index (χ4n) is 3.38. The van der Waals surface area contributed by atoms with Crippen LogP contribution < -0.4 is 9.92 Å². The maximum atomic E-state index is 6.03. The Morgan fingerprint density at radius 3 is 1.53 bits per heavy atom. The molecule has 1 aromatic carbocycles. The Morgan fingerprint density at radius 1 is 0.667 bits per heavy atom. The van der Waals surface area contributed by atoms with Gasteiger partial charge in [0.25, 0.3) is 0 Å². The minimum absolute atomic E-state index is 0.515. The van der Waals surface area contributed by atoms with Gasteiger partial charge in [0.15, 0.2) is 0 Å². The molecule has 0 fully saturated rings. The van der Waals surface area contributed by atoms with Crippen LogP contribution >= 0.6 is 0 Å². The fourth-order valence-corrected chi connectivity index (χ4v) is 8.44. The molecule has 1 aromatic rings. The molecule has 0 aliphatic rings. The van der Waals surface area contributed by atoms with E-state index in [1.807, 2.05) is 53.7 Å². The summed E-state index contributed by atoms with van der Waals surface area (Å²) >= 11 is 0. The maximum absolute atomic E-state index is 6.03. The van der Waals surface area contributed by atoms with Gasteiger partial charge in [-0.1, -0.05) is 12.1 Å². The zero-order valence-corrected chi connectivity index (χ0v) is 21.7. The van der Waals surface area contributed by atoms with E-state index in [0.717, 1.165) is 22.9 Å². The van der Waals surface area contributed by atoms with Crippen LogP contribution in [0, 0.1) is 0 Å². The minimum atomic E-state index is -2.99. The summed E-state index contributed by atoms with van der Waals surface area (Å²) in [5.74, 6) is 0.774. The largest absolute Gasteiger partial charge is 0.537 e. The number of rotatable bonds is 17. The second kappa shape index (κ2) is 14.3. The molecule has 0 spiro atoms. The molecule has 0 saturated carbocycles. The van der Waals surface area contributed by atoms with Crippen molar-refractivity contribution in [3.05, 3.63) is 23.8 Å². The van der Waals surface area contributed by atoms with Gasteiger partial charge < -0.3 is 31.3 Å². The van der Waals surface area contributed by atoms with E-state index < -0.39 is 17.6 Å². The maximum Gasteiger partial charge on any atom is 0.537 e. The third-order valence-corrected chi connectivity index (χ3v) is 10.5. The highest BCUT2D eigenvalue weighted by molar-refractivity contribution is 6.75.